The smallest absolute Gasteiger partial charge is 0.248 e. The molecule has 92 valence electrons. The molecule has 17 heavy (non-hydrogen) atoms. The van der Waals surface area contributed by atoms with E-state index in [1.807, 2.05) is 18.2 Å². The van der Waals surface area contributed by atoms with Gasteiger partial charge in [-0.2, -0.15) is 0 Å². The first kappa shape index (κ1) is 11.9. The van der Waals surface area contributed by atoms with Crippen LogP contribution in [0.4, 0.5) is 5.69 Å². The van der Waals surface area contributed by atoms with Gasteiger partial charge in [-0.25, -0.2) is 0 Å². The second-order valence-corrected chi connectivity index (χ2v) is 4.58. The molecule has 2 rings (SSSR count). The van der Waals surface area contributed by atoms with Gasteiger partial charge in [0.2, 0.25) is 5.91 Å². The zero-order valence-corrected chi connectivity index (χ0v) is 10.2. The van der Waals surface area contributed by atoms with Crippen molar-refractivity contribution >= 4 is 11.6 Å². The van der Waals surface area contributed by atoms with E-state index < -0.39 is 0 Å². The second kappa shape index (κ2) is 4.75. The SMILES string of the molecule is CC1CN(c2cccc(C(N)=O)c2)CC(C)O1. The van der Waals surface area contributed by atoms with E-state index in [4.69, 9.17) is 10.5 Å². The maximum atomic E-state index is 11.1. The summed E-state index contributed by atoms with van der Waals surface area (Å²) >= 11 is 0. The number of hydrogen-bond donors (Lipinski definition) is 1. The topological polar surface area (TPSA) is 55.6 Å². The van der Waals surface area contributed by atoms with Gasteiger partial charge < -0.3 is 15.4 Å². The minimum Gasteiger partial charge on any atom is -0.372 e. The molecule has 1 amide bonds. The van der Waals surface area contributed by atoms with Crippen LogP contribution in [0.25, 0.3) is 0 Å². The number of primary amides is 1. The van der Waals surface area contributed by atoms with Crippen LogP contribution in [-0.2, 0) is 4.74 Å². The van der Waals surface area contributed by atoms with Gasteiger partial charge in [-0.3, -0.25) is 4.79 Å². The molecule has 0 spiro atoms. The van der Waals surface area contributed by atoms with Crippen molar-refractivity contribution in [3.05, 3.63) is 29.8 Å². The summed E-state index contributed by atoms with van der Waals surface area (Å²) in [6.45, 7) is 5.79. The van der Waals surface area contributed by atoms with Crippen molar-refractivity contribution in [1.82, 2.24) is 0 Å². The van der Waals surface area contributed by atoms with Crippen LogP contribution in [-0.4, -0.2) is 31.2 Å². The quantitative estimate of drug-likeness (QED) is 0.841. The van der Waals surface area contributed by atoms with Gasteiger partial charge >= 0.3 is 0 Å². The molecule has 1 aromatic rings. The molecule has 0 saturated carbocycles. The van der Waals surface area contributed by atoms with Crippen LogP contribution in [0.5, 0.6) is 0 Å². The Morgan fingerprint density at radius 1 is 1.35 bits per heavy atom. The predicted molar refractivity (Wildman–Crippen MR) is 67.2 cm³/mol. The highest BCUT2D eigenvalue weighted by Crippen LogP contribution is 2.21. The molecule has 2 N–H and O–H groups in total. The lowest BCUT2D eigenvalue weighted by molar-refractivity contribution is -0.00521. The van der Waals surface area contributed by atoms with Gasteiger partial charge in [0.1, 0.15) is 0 Å². The number of benzene rings is 1. The van der Waals surface area contributed by atoms with Crippen molar-refractivity contribution in [2.24, 2.45) is 5.73 Å². The molecule has 0 aliphatic carbocycles. The highest BCUT2D eigenvalue weighted by Gasteiger charge is 2.22. The first-order chi connectivity index (χ1) is 8.06. The fraction of sp³-hybridized carbons (Fsp3) is 0.462. The highest BCUT2D eigenvalue weighted by molar-refractivity contribution is 5.93. The fourth-order valence-electron chi connectivity index (χ4n) is 2.24. The van der Waals surface area contributed by atoms with Crippen molar-refractivity contribution in [2.45, 2.75) is 26.1 Å². The van der Waals surface area contributed by atoms with Crippen LogP contribution in [0.1, 0.15) is 24.2 Å². The summed E-state index contributed by atoms with van der Waals surface area (Å²) in [6, 6.07) is 7.43. The lowest BCUT2D eigenvalue weighted by atomic mass is 10.1. The average Bonchev–Trinajstić information content (AvgIpc) is 2.28. The molecule has 2 unspecified atom stereocenters. The third-order valence-electron chi connectivity index (χ3n) is 2.92. The number of rotatable bonds is 2. The molecule has 1 fully saturated rings. The van der Waals surface area contributed by atoms with Gasteiger partial charge in [0.15, 0.2) is 0 Å². The first-order valence-corrected chi connectivity index (χ1v) is 5.86. The van der Waals surface area contributed by atoms with Crippen LogP contribution in [0, 0.1) is 0 Å². The highest BCUT2D eigenvalue weighted by atomic mass is 16.5. The number of ether oxygens (including phenoxy) is 1. The number of nitrogens with zero attached hydrogens (tertiary/aromatic N) is 1. The van der Waals surface area contributed by atoms with Crippen molar-refractivity contribution in [3.8, 4) is 0 Å². The van der Waals surface area contributed by atoms with Crippen molar-refractivity contribution in [3.63, 3.8) is 0 Å². The molecular formula is C13H18N2O2. The Morgan fingerprint density at radius 3 is 2.59 bits per heavy atom. The van der Waals surface area contributed by atoms with Crippen LogP contribution in [0.3, 0.4) is 0 Å². The molecule has 1 heterocycles. The van der Waals surface area contributed by atoms with Crippen LogP contribution < -0.4 is 10.6 Å². The standard InChI is InChI=1S/C13H18N2O2/c1-9-7-15(8-10(2)17-9)12-5-3-4-11(6-12)13(14)16/h3-6,9-10H,7-8H2,1-2H3,(H2,14,16). The molecule has 4 nitrogen and oxygen atoms in total. The summed E-state index contributed by atoms with van der Waals surface area (Å²) < 4.78 is 5.68. The molecule has 0 bridgehead atoms. The third-order valence-corrected chi connectivity index (χ3v) is 2.92. The number of hydrogen-bond acceptors (Lipinski definition) is 3. The van der Waals surface area contributed by atoms with Crippen LogP contribution in [0.2, 0.25) is 0 Å². The van der Waals surface area contributed by atoms with Crippen molar-refractivity contribution < 1.29 is 9.53 Å². The molecule has 0 radical (unpaired) electrons. The Bertz CT molecular complexity index is 410. The van der Waals surface area contributed by atoms with Crippen molar-refractivity contribution in [1.29, 1.82) is 0 Å². The van der Waals surface area contributed by atoms with E-state index >= 15 is 0 Å². The van der Waals surface area contributed by atoms with Gasteiger partial charge in [0.05, 0.1) is 12.2 Å². The number of morpholine rings is 1. The average molecular weight is 234 g/mol. The number of carbonyl (C=O) groups excluding carboxylic acids is 1. The molecule has 1 aromatic carbocycles. The molecule has 1 aliphatic rings. The minimum absolute atomic E-state index is 0.205. The lowest BCUT2D eigenvalue weighted by Gasteiger charge is -2.37. The summed E-state index contributed by atoms with van der Waals surface area (Å²) in [5.74, 6) is -0.388. The predicted octanol–water partition coefficient (Wildman–Crippen LogP) is 1.40. The molecule has 4 heteroatoms. The van der Waals surface area contributed by atoms with E-state index in [0.717, 1.165) is 18.8 Å². The van der Waals surface area contributed by atoms with E-state index in [1.165, 1.54) is 0 Å². The first-order valence-electron chi connectivity index (χ1n) is 5.86. The van der Waals surface area contributed by atoms with Gasteiger partial charge in [-0.1, -0.05) is 6.07 Å². The van der Waals surface area contributed by atoms with E-state index in [9.17, 15) is 4.79 Å². The van der Waals surface area contributed by atoms with Gasteiger partial charge in [0, 0.05) is 24.3 Å². The Labute approximate surface area is 101 Å². The number of amides is 1. The zero-order valence-electron chi connectivity index (χ0n) is 10.2. The van der Waals surface area contributed by atoms with Crippen LogP contribution in [0.15, 0.2) is 24.3 Å². The Morgan fingerprint density at radius 2 is 2.00 bits per heavy atom. The van der Waals surface area contributed by atoms with E-state index in [-0.39, 0.29) is 18.1 Å². The molecule has 2 atom stereocenters. The second-order valence-electron chi connectivity index (χ2n) is 4.58. The molecular weight excluding hydrogens is 216 g/mol. The Kier molecular flexibility index (Phi) is 3.33. The number of carbonyl (C=O) groups is 1. The number of nitrogens with two attached hydrogens (primary N) is 1. The third kappa shape index (κ3) is 2.77. The lowest BCUT2D eigenvalue weighted by Crippen LogP contribution is -2.45. The Hall–Kier alpha value is -1.55. The largest absolute Gasteiger partial charge is 0.372 e. The number of anilines is 1. The minimum atomic E-state index is -0.388. The van der Waals surface area contributed by atoms with Crippen molar-refractivity contribution in [2.75, 3.05) is 18.0 Å². The summed E-state index contributed by atoms with van der Waals surface area (Å²) in [4.78, 5) is 13.4. The zero-order chi connectivity index (χ0) is 12.4. The summed E-state index contributed by atoms with van der Waals surface area (Å²) in [5.41, 5.74) is 6.87. The summed E-state index contributed by atoms with van der Waals surface area (Å²) in [6.07, 6.45) is 0.409. The van der Waals surface area contributed by atoms with Gasteiger partial charge in [0.25, 0.3) is 0 Å². The van der Waals surface area contributed by atoms with E-state index in [1.54, 1.807) is 6.07 Å². The van der Waals surface area contributed by atoms with E-state index in [0.29, 0.717) is 5.56 Å². The van der Waals surface area contributed by atoms with Gasteiger partial charge in [-0.15, -0.1) is 0 Å². The molecule has 0 aromatic heterocycles. The fourth-order valence-corrected chi connectivity index (χ4v) is 2.24. The monoisotopic (exact) mass is 234 g/mol. The summed E-state index contributed by atoms with van der Waals surface area (Å²) in [5, 5.41) is 0. The van der Waals surface area contributed by atoms with Crippen LogP contribution >= 0.6 is 0 Å². The normalized spacial score (nSPS) is 24.7. The Balaban J connectivity index is 2.21. The van der Waals surface area contributed by atoms with Gasteiger partial charge in [-0.05, 0) is 32.0 Å². The summed E-state index contributed by atoms with van der Waals surface area (Å²) in [7, 11) is 0. The maximum Gasteiger partial charge on any atom is 0.248 e. The molecule has 1 saturated heterocycles. The molecule has 1 aliphatic heterocycles. The van der Waals surface area contributed by atoms with E-state index in [2.05, 4.69) is 18.7 Å². The maximum absolute atomic E-state index is 11.1.